The number of thiazole rings is 1. The van der Waals surface area contributed by atoms with Crippen LogP contribution in [0, 0.1) is 6.92 Å². The van der Waals surface area contributed by atoms with Gasteiger partial charge in [0.2, 0.25) is 0 Å². The number of hydrogen-bond acceptors (Lipinski definition) is 3. The molecule has 0 saturated heterocycles. The van der Waals surface area contributed by atoms with E-state index in [1.54, 1.807) is 11.9 Å². The number of carbonyl (C=O) groups excluding carboxylic acids is 1. The average molecular weight is 321 g/mol. The number of fused-ring (bicyclic) bond motifs is 3. The molecular formula is C18H15N3OS. The first-order valence-corrected chi connectivity index (χ1v) is 8.18. The fourth-order valence-corrected chi connectivity index (χ4v) is 3.90. The van der Waals surface area contributed by atoms with E-state index in [4.69, 9.17) is 0 Å². The Balaban J connectivity index is 1.83. The molecule has 0 atom stereocenters. The zero-order valence-corrected chi connectivity index (χ0v) is 13.7. The number of anilines is 1. The van der Waals surface area contributed by atoms with Gasteiger partial charge in [-0.25, -0.2) is 4.98 Å². The molecule has 114 valence electrons. The second kappa shape index (κ2) is 5.21. The summed E-state index contributed by atoms with van der Waals surface area (Å²) < 4.78 is 2.06. The summed E-state index contributed by atoms with van der Waals surface area (Å²) in [6.45, 7) is 1.98. The van der Waals surface area contributed by atoms with Crippen molar-refractivity contribution in [3.63, 3.8) is 0 Å². The highest BCUT2D eigenvalue weighted by Crippen LogP contribution is 2.29. The fraction of sp³-hybridized carbons (Fsp3) is 0.111. The Bertz CT molecular complexity index is 1020. The van der Waals surface area contributed by atoms with Crippen LogP contribution < -0.4 is 4.90 Å². The van der Waals surface area contributed by atoms with Crippen molar-refractivity contribution >= 4 is 38.9 Å². The number of hydrogen-bond donors (Lipinski definition) is 0. The number of imidazole rings is 1. The Morgan fingerprint density at radius 1 is 1.09 bits per heavy atom. The van der Waals surface area contributed by atoms with E-state index >= 15 is 0 Å². The maximum absolute atomic E-state index is 12.9. The molecule has 2 aromatic carbocycles. The van der Waals surface area contributed by atoms with Crippen molar-refractivity contribution in [2.75, 3.05) is 11.9 Å². The lowest BCUT2D eigenvalue weighted by atomic mass is 10.2. The van der Waals surface area contributed by atoms with E-state index < -0.39 is 0 Å². The lowest BCUT2D eigenvalue weighted by Crippen LogP contribution is -2.26. The minimum Gasteiger partial charge on any atom is -0.311 e. The SMILES string of the molecule is Cc1c(C(=O)N(C)c2ccccc2)sc2nc3ccccc3n12. The van der Waals surface area contributed by atoms with E-state index in [0.29, 0.717) is 0 Å². The molecule has 0 spiro atoms. The zero-order valence-electron chi connectivity index (χ0n) is 12.9. The van der Waals surface area contributed by atoms with E-state index in [-0.39, 0.29) is 5.91 Å². The molecule has 2 aromatic heterocycles. The van der Waals surface area contributed by atoms with E-state index in [1.807, 2.05) is 61.5 Å². The van der Waals surface area contributed by atoms with Crippen molar-refractivity contribution in [3.8, 4) is 0 Å². The molecule has 5 heteroatoms. The van der Waals surface area contributed by atoms with Crippen molar-refractivity contribution in [1.29, 1.82) is 0 Å². The summed E-state index contributed by atoms with van der Waals surface area (Å²) in [6, 6.07) is 17.7. The van der Waals surface area contributed by atoms with Crippen LogP contribution in [0.2, 0.25) is 0 Å². The van der Waals surface area contributed by atoms with Crippen LogP contribution >= 0.6 is 11.3 Å². The van der Waals surface area contributed by atoms with Gasteiger partial charge in [0.1, 0.15) is 4.88 Å². The van der Waals surface area contributed by atoms with E-state index in [9.17, 15) is 4.79 Å². The summed E-state index contributed by atoms with van der Waals surface area (Å²) in [7, 11) is 1.80. The number of rotatable bonds is 2. The molecule has 0 unspecified atom stereocenters. The zero-order chi connectivity index (χ0) is 16.0. The van der Waals surface area contributed by atoms with Gasteiger partial charge in [0, 0.05) is 18.4 Å². The first kappa shape index (κ1) is 14.0. The quantitative estimate of drug-likeness (QED) is 0.556. The number of benzene rings is 2. The highest BCUT2D eigenvalue weighted by Gasteiger charge is 2.22. The number of aryl methyl sites for hydroxylation is 1. The van der Waals surface area contributed by atoms with Gasteiger partial charge in [-0.05, 0) is 31.2 Å². The van der Waals surface area contributed by atoms with Gasteiger partial charge in [-0.3, -0.25) is 9.20 Å². The van der Waals surface area contributed by atoms with E-state index in [2.05, 4.69) is 9.38 Å². The third-order valence-corrected chi connectivity index (χ3v) is 5.16. The first-order valence-electron chi connectivity index (χ1n) is 7.36. The highest BCUT2D eigenvalue weighted by atomic mass is 32.1. The summed E-state index contributed by atoms with van der Waals surface area (Å²) in [5.74, 6) is -0.00622. The smallest absolute Gasteiger partial charge is 0.270 e. The van der Waals surface area contributed by atoms with Crippen LogP contribution in [-0.2, 0) is 0 Å². The number of aromatic nitrogens is 2. The van der Waals surface area contributed by atoms with Crippen LogP contribution in [-0.4, -0.2) is 22.3 Å². The Morgan fingerprint density at radius 3 is 2.57 bits per heavy atom. The summed E-state index contributed by atoms with van der Waals surface area (Å²) in [5.41, 5.74) is 3.81. The lowest BCUT2D eigenvalue weighted by molar-refractivity contribution is 0.0996. The fourth-order valence-electron chi connectivity index (χ4n) is 2.78. The minimum absolute atomic E-state index is 0.00622. The number of carbonyl (C=O) groups is 1. The Kier molecular flexibility index (Phi) is 3.16. The van der Waals surface area contributed by atoms with Gasteiger partial charge in [-0.15, -0.1) is 0 Å². The third-order valence-electron chi connectivity index (χ3n) is 4.03. The molecular weight excluding hydrogens is 306 g/mol. The van der Waals surface area contributed by atoms with Crippen LogP contribution in [0.5, 0.6) is 0 Å². The Labute approximate surface area is 137 Å². The summed E-state index contributed by atoms with van der Waals surface area (Å²) in [4.78, 5) is 20.7. The van der Waals surface area contributed by atoms with Crippen LogP contribution in [0.25, 0.3) is 16.0 Å². The summed E-state index contributed by atoms with van der Waals surface area (Å²) >= 11 is 1.44. The molecule has 4 nitrogen and oxygen atoms in total. The van der Waals surface area contributed by atoms with Gasteiger partial charge in [0.25, 0.3) is 5.91 Å². The molecule has 0 radical (unpaired) electrons. The molecule has 0 aliphatic heterocycles. The molecule has 0 aliphatic carbocycles. The predicted molar refractivity (Wildman–Crippen MR) is 94.5 cm³/mol. The lowest BCUT2D eigenvalue weighted by Gasteiger charge is -2.16. The summed E-state index contributed by atoms with van der Waals surface area (Å²) in [5, 5.41) is 0. The van der Waals surface area contributed by atoms with Crippen LogP contribution in [0.1, 0.15) is 15.4 Å². The maximum atomic E-state index is 12.9. The van der Waals surface area contributed by atoms with Crippen molar-refractivity contribution in [1.82, 2.24) is 9.38 Å². The van der Waals surface area contributed by atoms with Gasteiger partial charge in [-0.2, -0.15) is 0 Å². The molecule has 2 heterocycles. The monoisotopic (exact) mass is 321 g/mol. The molecule has 0 aliphatic rings. The minimum atomic E-state index is -0.00622. The standard InChI is InChI=1S/C18H15N3OS/c1-12-16(17(22)20(2)13-8-4-3-5-9-13)23-18-19-14-10-6-7-11-15(14)21(12)18/h3-11H,1-2H3. The van der Waals surface area contributed by atoms with Crippen molar-refractivity contribution in [2.45, 2.75) is 6.92 Å². The van der Waals surface area contributed by atoms with Crippen molar-refractivity contribution in [2.24, 2.45) is 0 Å². The van der Waals surface area contributed by atoms with Crippen LogP contribution in [0.15, 0.2) is 54.6 Å². The van der Waals surface area contributed by atoms with Gasteiger partial charge in [-0.1, -0.05) is 41.7 Å². The molecule has 0 N–H and O–H groups in total. The normalized spacial score (nSPS) is 11.2. The summed E-state index contributed by atoms with van der Waals surface area (Å²) in [6.07, 6.45) is 0. The molecule has 1 amide bonds. The largest absolute Gasteiger partial charge is 0.311 e. The van der Waals surface area contributed by atoms with Crippen LogP contribution in [0.4, 0.5) is 5.69 Å². The Hall–Kier alpha value is -2.66. The van der Waals surface area contributed by atoms with Gasteiger partial charge >= 0.3 is 0 Å². The molecule has 4 aromatic rings. The topological polar surface area (TPSA) is 37.6 Å². The second-order valence-electron chi connectivity index (χ2n) is 5.43. The second-order valence-corrected chi connectivity index (χ2v) is 6.41. The first-order chi connectivity index (χ1) is 11.2. The molecule has 0 saturated carbocycles. The van der Waals surface area contributed by atoms with Crippen molar-refractivity contribution < 1.29 is 4.79 Å². The molecule has 0 bridgehead atoms. The van der Waals surface area contributed by atoms with Gasteiger partial charge in [0.15, 0.2) is 4.96 Å². The molecule has 0 fully saturated rings. The predicted octanol–water partition coefficient (Wildman–Crippen LogP) is 4.13. The maximum Gasteiger partial charge on any atom is 0.270 e. The van der Waals surface area contributed by atoms with Gasteiger partial charge < -0.3 is 4.90 Å². The average Bonchev–Trinajstić information content (AvgIpc) is 3.11. The number of amides is 1. The number of para-hydroxylation sites is 3. The van der Waals surface area contributed by atoms with E-state index in [0.717, 1.165) is 32.3 Å². The van der Waals surface area contributed by atoms with Crippen molar-refractivity contribution in [3.05, 3.63) is 65.2 Å². The van der Waals surface area contributed by atoms with Gasteiger partial charge in [0.05, 0.1) is 11.0 Å². The Morgan fingerprint density at radius 2 is 1.78 bits per heavy atom. The molecule has 23 heavy (non-hydrogen) atoms. The number of nitrogens with zero attached hydrogens (tertiary/aromatic N) is 3. The highest BCUT2D eigenvalue weighted by molar-refractivity contribution is 7.19. The van der Waals surface area contributed by atoms with Crippen LogP contribution in [0.3, 0.4) is 0 Å². The van der Waals surface area contributed by atoms with E-state index in [1.165, 1.54) is 11.3 Å². The molecule has 4 rings (SSSR count). The third kappa shape index (κ3) is 2.12.